The second kappa shape index (κ2) is 5.36. The van der Waals surface area contributed by atoms with Crippen LogP contribution in [0.1, 0.15) is 43.8 Å². The van der Waals surface area contributed by atoms with Crippen LogP contribution in [0.15, 0.2) is 4.52 Å². The van der Waals surface area contributed by atoms with Gasteiger partial charge in [0.25, 0.3) is 0 Å². The van der Waals surface area contributed by atoms with Crippen molar-refractivity contribution in [3.63, 3.8) is 0 Å². The summed E-state index contributed by atoms with van der Waals surface area (Å²) in [6.45, 7) is 8.85. The Morgan fingerprint density at radius 3 is 2.72 bits per heavy atom. The van der Waals surface area contributed by atoms with E-state index in [1.165, 1.54) is 25.8 Å². The molecule has 2 fully saturated rings. The number of aromatic nitrogens is 2. The molecular weight excluding hydrogens is 228 g/mol. The number of nitrogens with zero attached hydrogens (tertiary/aromatic N) is 4. The Balaban J connectivity index is 1.54. The lowest BCUT2D eigenvalue weighted by molar-refractivity contribution is 0.249. The first kappa shape index (κ1) is 12.1. The molecule has 2 heterocycles. The fraction of sp³-hybridized carbons (Fsp3) is 0.846. The van der Waals surface area contributed by atoms with Crippen LogP contribution in [0, 0.1) is 0 Å². The van der Waals surface area contributed by atoms with Crippen LogP contribution in [0.5, 0.6) is 0 Å². The molecule has 0 unspecified atom stereocenters. The molecule has 0 aromatic carbocycles. The molecule has 0 N–H and O–H groups in total. The van der Waals surface area contributed by atoms with E-state index in [0.717, 1.165) is 44.4 Å². The molecule has 1 aliphatic carbocycles. The van der Waals surface area contributed by atoms with Crippen LogP contribution in [-0.4, -0.2) is 52.7 Å². The molecule has 18 heavy (non-hydrogen) atoms. The summed E-state index contributed by atoms with van der Waals surface area (Å²) in [6, 6.07) is 0. The summed E-state index contributed by atoms with van der Waals surface area (Å²) in [5.74, 6) is 2.28. The fourth-order valence-electron chi connectivity index (χ4n) is 2.53. The molecule has 0 radical (unpaired) electrons. The van der Waals surface area contributed by atoms with Crippen LogP contribution in [0.2, 0.25) is 0 Å². The van der Waals surface area contributed by atoms with Gasteiger partial charge in [0.1, 0.15) is 0 Å². The normalized spacial score (nSPS) is 23.2. The number of rotatable bonds is 4. The lowest BCUT2D eigenvalue weighted by atomic mass is 10.3. The Kier molecular flexibility index (Phi) is 3.61. The Morgan fingerprint density at radius 1 is 1.17 bits per heavy atom. The van der Waals surface area contributed by atoms with Crippen molar-refractivity contribution in [1.29, 1.82) is 0 Å². The van der Waals surface area contributed by atoms with Crippen LogP contribution in [-0.2, 0) is 6.54 Å². The van der Waals surface area contributed by atoms with Crippen molar-refractivity contribution >= 4 is 0 Å². The van der Waals surface area contributed by atoms with Gasteiger partial charge >= 0.3 is 0 Å². The third-order valence-electron chi connectivity index (χ3n) is 3.90. The van der Waals surface area contributed by atoms with Crippen LogP contribution < -0.4 is 0 Å². The highest BCUT2D eigenvalue weighted by atomic mass is 16.5. The van der Waals surface area contributed by atoms with E-state index in [9.17, 15) is 0 Å². The maximum Gasteiger partial charge on any atom is 0.229 e. The van der Waals surface area contributed by atoms with E-state index in [-0.39, 0.29) is 0 Å². The minimum Gasteiger partial charge on any atom is -0.339 e. The van der Waals surface area contributed by atoms with Gasteiger partial charge in [-0.3, -0.25) is 4.90 Å². The fourth-order valence-corrected chi connectivity index (χ4v) is 2.53. The van der Waals surface area contributed by atoms with Gasteiger partial charge in [-0.05, 0) is 38.9 Å². The first-order valence-corrected chi connectivity index (χ1v) is 7.12. The van der Waals surface area contributed by atoms with E-state index in [4.69, 9.17) is 4.52 Å². The monoisotopic (exact) mass is 250 g/mol. The van der Waals surface area contributed by atoms with E-state index >= 15 is 0 Å². The van der Waals surface area contributed by atoms with Gasteiger partial charge in [0.2, 0.25) is 5.89 Å². The quantitative estimate of drug-likeness (QED) is 0.810. The number of hydrogen-bond acceptors (Lipinski definition) is 5. The molecule has 5 nitrogen and oxygen atoms in total. The SMILES string of the molecule is CCN1CCCN(Cc2noc(C3CC3)n2)CC1. The number of likely N-dealkylation sites (N-methyl/N-ethyl adjacent to an activating group) is 1. The highest BCUT2D eigenvalue weighted by molar-refractivity contribution is 5.01. The van der Waals surface area contributed by atoms with E-state index in [1.807, 2.05) is 0 Å². The molecule has 100 valence electrons. The van der Waals surface area contributed by atoms with Crippen molar-refractivity contribution in [1.82, 2.24) is 19.9 Å². The molecule has 1 aliphatic heterocycles. The second-order valence-corrected chi connectivity index (χ2v) is 5.39. The van der Waals surface area contributed by atoms with Crippen LogP contribution in [0.4, 0.5) is 0 Å². The third kappa shape index (κ3) is 2.90. The molecule has 2 aliphatic rings. The molecule has 1 aromatic heterocycles. The minimum absolute atomic E-state index is 0.561. The highest BCUT2D eigenvalue weighted by Crippen LogP contribution is 2.38. The van der Waals surface area contributed by atoms with Crippen molar-refractivity contribution in [2.45, 2.75) is 38.6 Å². The zero-order valence-corrected chi connectivity index (χ0v) is 11.1. The molecule has 1 aromatic rings. The molecule has 5 heteroatoms. The summed E-state index contributed by atoms with van der Waals surface area (Å²) < 4.78 is 5.31. The molecule has 0 bridgehead atoms. The Morgan fingerprint density at radius 2 is 1.94 bits per heavy atom. The van der Waals surface area contributed by atoms with Crippen LogP contribution in [0.3, 0.4) is 0 Å². The van der Waals surface area contributed by atoms with Crippen molar-refractivity contribution < 1.29 is 4.52 Å². The predicted octanol–water partition coefficient (Wildman–Crippen LogP) is 1.47. The summed E-state index contributed by atoms with van der Waals surface area (Å²) in [5.41, 5.74) is 0. The van der Waals surface area contributed by atoms with Crippen molar-refractivity contribution in [2.24, 2.45) is 0 Å². The van der Waals surface area contributed by atoms with Gasteiger partial charge in [-0.1, -0.05) is 12.1 Å². The van der Waals surface area contributed by atoms with E-state index < -0.39 is 0 Å². The van der Waals surface area contributed by atoms with Gasteiger partial charge < -0.3 is 9.42 Å². The maximum atomic E-state index is 5.31. The molecule has 3 rings (SSSR count). The van der Waals surface area contributed by atoms with Gasteiger partial charge in [0.15, 0.2) is 5.82 Å². The Bertz CT molecular complexity index is 388. The Labute approximate surface area is 108 Å². The lowest BCUT2D eigenvalue weighted by Crippen LogP contribution is -2.30. The molecular formula is C13H22N4O. The van der Waals surface area contributed by atoms with Crippen molar-refractivity contribution in [3.8, 4) is 0 Å². The summed E-state index contributed by atoms with van der Waals surface area (Å²) in [7, 11) is 0. The Hall–Kier alpha value is -0.940. The summed E-state index contributed by atoms with van der Waals surface area (Å²) in [5, 5.41) is 4.10. The zero-order chi connectivity index (χ0) is 12.4. The van der Waals surface area contributed by atoms with E-state index in [1.54, 1.807) is 0 Å². The predicted molar refractivity (Wildman–Crippen MR) is 68.3 cm³/mol. The van der Waals surface area contributed by atoms with Crippen LogP contribution >= 0.6 is 0 Å². The summed E-state index contributed by atoms with van der Waals surface area (Å²) in [4.78, 5) is 9.45. The minimum atomic E-state index is 0.561. The average Bonchev–Trinajstić information content (AvgIpc) is 3.16. The van der Waals surface area contributed by atoms with Gasteiger partial charge in [-0.25, -0.2) is 0 Å². The molecule has 1 saturated heterocycles. The van der Waals surface area contributed by atoms with Crippen molar-refractivity contribution in [3.05, 3.63) is 11.7 Å². The topological polar surface area (TPSA) is 45.4 Å². The first-order valence-electron chi connectivity index (χ1n) is 7.12. The molecule has 1 saturated carbocycles. The molecule has 0 spiro atoms. The molecule has 0 atom stereocenters. The average molecular weight is 250 g/mol. The summed E-state index contributed by atoms with van der Waals surface area (Å²) >= 11 is 0. The van der Waals surface area contributed by atoms with Gasteiger partial charge in [-0.15, -0.1) is 0 Å². The van der Waals surface area contributed by atoms with Crippen LogP contribution in [0.25, 0.3) is 0 Å². The van der Waals surface area contributed by atoms with Gasteiger partial charge in [0.05, 0.1) is 6.54 Å². The van der Waals surface area contributed by atoms with Gasteiger partial charge in [-0.2, -0.15) is 4.98 Å². The van der Waals surface area contributed by atoms with E-state index in [0.29, 0.717) is 5.92 Å². The smallest absolute Gasteiger partial charge is 0.229 e. The van der Waals surface area contributed by atoms with E-state index in [2.05, 4.69) is 26.9 Å². The summed E-state index contributed by atoms with van der Waals surface area (Å²) in [6.07, 6.45) is 3.68. The van der Waals surface area contributed by atoms with Crippen molar-refractivity contribution in [2.75, 3.05) is 32.7 Å². The standard InChI is InChI=1S/C13H22N4O/c1-2-16-6-3-7-17(9-8-16)10-12-14-13(18-15-12)11-4-5-11/h11H,2-10H2,1H3. The maximum absolute atomic E-state index is 5.31. The highest BCUT2D eigenvalue weighted by Gasteiger charge is 2.29. The first-order chi connectivity index (χ1) is 8.85. The zero-order valence-electron chi connectivity index (χ0n) is 11.1. The molecule has 0 amide bonds. The van der Waals surface area contributed by atoms with Gasteiger partial charge in [0, 0.05) is 19.0 Å². The third-order valence-corrected chi connectivity index (χ3v) is 3.90. The lowest BCUT2D eigenvalue weighted by Gasteiger charge is -2.19. The second-order valence-electron chi connectivity index (χ2n) is 5.39. The number of hydrogen-bond donors (Lipinski definition) is 0. The largest absolute Gasteiger partial charge is 0.339 e.